The topological polar surface area (TPSA) is 145 Å². The van der Waals surface area contributed by atoms with Gasteiger partial charge in [0.1, 0.15) is 18.9 Å². The fraction of sp³-hybridized carbons (Fsp3) is 0.458. The molecule has 0 radical (unpaired) electrons. The van der Waals surface area contributed by atoms with Crippen LogP contribution in [0.5, 0.6) is 0 Å². The third kappa shape index (κ3) is 7.15. The first kappa shape index (κ1) is 29.0. The van der Waals surface area contributed by atoms with Crippen LogP contribution in [0.2, 0.25) is 10.0 Å². The van der Waals surface area contributed by atoms with Crippen LogP contribution >= 0.6 is 23.2 Å². The van der Waals surface area contributed by atoms with E-state index >= 15 is 0 Å². The molecule has 2 aliphatic rings. The highest BCUT2D eigenvalue weighted by molar-refractivity contribution is 7.91. The molecule has 1 atom stereocenters. The Labute approximate surface area is 235 Å². The molecule has 1 unspecified atom stereocenters. The van der Waals surface area contributed by atoms with Gasteiger partial charge in [0, 0.05) is 40.9 Å². The van der Waals surface area contributed by atoms with Crippen molar-refractivity contribution in [3.8, 4) is 0 Å². The third-order valence-corrected chi connectivity index (χ3v) is 8.21. The van der Waals surface area contributed by atoms with Crippen molar-refractivity contribution in [1.29, 1.82) is 0 Å². The lowest BCUT2D eigenvalue weighted by Crippen LogP contribution is -2.45. The molecular formula is C24H28Cl2N6O6S. The summed E-state index contributed by atoms with van der Waals surface area (Å²) in [6.07, 6.45) is 1.38. The first-order chi connectivity index (χ1) is 18.6. The summed E-state index contributed by atoms with van der Waals surface area (Å²) in [5, 5.41) is 8.23. The monoisotopic (exact) mass is 598 g/mol. The van der Waals surface area contributed by atoms with Crippen LogP contribution in [0.1, 0.15) is 31.3 Å². The maximum absolute atomic E-state index is 13.3. The fourth-order valence-corrected chi connectivity index (χ4v) is 5.97. The average molecular weight is 599 g/mol. The lowest BCUT2D eigenvalue weighted by Gasteiger charge is -2.32. The molecule has 1 aromatic heterocycles. The number of hydrogen-bond donors (Lipinski definition) is 1. The smallest absolute Gasteiger partial charge is 0.338 e. The lowest BCUT2D eigenvalue weighted by molar-refractivity contribution is -0.144. The first-order valence-electron chi connectivity index (χ1n) is 12.3. The molecule has 1 saturated heterocycles. The van der Waals surface area contributed by atoms with Gasteiger partial charge in [0.15, 0.2) is 15.7 Å². The van der Waals surface area contributed by atoms with Gasteiger partial charge in [0.25, 0.3) is 0 Å². The summed E-state index contributed by atoms with van der Waals surface area (Å²) in [6, 6.07) is 3.98. The van der Waals surface area contributed by atoms with E-state index in [4.69, 9.17) is 37.7 Å². The number of halogens is 2. The summed E-state index contributed by atoms with van der Waals surface area (Å²) >= 11 is 12.7. The van der Waals surface area contributed by atoms with E-state index in [1.54, 1.807) is 32.0 Å². The van der Waals surface area contributed by atoms with Gasteiger partial charge < -0.3 is 14.8 Å². The molecule has 2 aromatic rings. The van der Waals surface area contributed by atoms with Crippen LogP contribution in [0.3, 0.4) is 0 Å². The largest absolute Gasteiger partial charge is 0.465 e. The number of benzene rings is 1. The van der Waals surface area contributed by atoms with Crippen molar-refractivity contribution >= 4 is 50.8 Å². The molecule has 39 heavy (non-hydrogen) atoms. The van der Waals surface area contributed by atoms with E-state index in [-0.39, 0.29) is 55.0 Å². The van der Waals surface area contributed by atoms with Gasteiger partial charge in [0.05, 0.1) is 30.3 Å². The van der Waals surface area contributed by atoms with Crippen molar-refractivity contribution in [3.05, 3.63) is 57.2 Å². The second-order valence-electron chi connectivity index (χ2n) is 8.78. The number of ether oxygens (including phenoxy) is 2. The van der Waals surface area contributed by atoms with Gasteiger partial charge in [-0.15, -0.1) is 5.10 Å². The second-order valence-corrected chi connectivity index (χ2v) is 11.9. The van der Waals surface area contributed by atoms with E-state index in [0.29, 0.717) is 34.4 Å². The molecule has 15 heteroatoms. The van der Waals surface area contributed by atoms with Crippen molar-refractivity contribution in [3.63, 3.8) is 0 Å². The zero-order chi connectivity index (χ0) is 28.2. The fourth-order valence-electron chi connectivity index (χ4n) is 4.18. The van der Waals surface area contributed by atoms with E-state index in [2.05, 4.69) is 15.4 Å². The number of hydrogen-bond acceptors (Lipinski definition) is 11. The quantitative estimate of drug-likeness (QED) is 0.424. The molecule has 1 fully saturated rings. The molecule has 3 heterocycles. The molecule has 210 valence electrons. The number of sulfone groups is 1. The number of carbonyl (C=O) groups excluding carboxylic acids is 2. The van der Waals surface area contributed by atoms with Crippen LogP contribution in [0, 0.1) is 0 Å². The molecule has 0 saturated carbocycles. The Morgan fingerprint density at radius 1 is 1.13 bits per heavy atom. The predicted octanol–water partition coefficient (Wildman–Crippen LogP) is 1.79. The van der Waals surface area contributed by atoms with Crippen LogP contribution in [0.4, 0.5) is 0 Å². The molecule has 1 aromatic carbocycles. The first-order valence-corrected chi connectivity index (χ1v) is 14.9. The number of rotatable bonds is 9. The van der Waals surface area contributed by atoms with E-state index in [0.717, 1.165) is 0 Å². The Kier molecular flexibility index (Phi) is 9.26. The summed E-state index contributed by atoms with van der Waals surface area (Å²) < 4.78 is 35.6. The van der Waals surface area contributed by atoms with Crippen molar-refractivity contribution in [2.45, 2.75) is 26.4 Å². The highest BCUT2D eigenvalue weighted by Crippen LogP contribution is 2.37. The van der Waals surface area contributed by atoms with Gasteiger partial charge in [-0.2, -0.15) is 0 Å². The van der Waals surface area contributed by atoms with Gasteiger partial charge >= 0.3 is 11.9 Å². The number of nitrogens with one attached hydrogen (secondary N) is 1. The summed E-state index contributed by atoms with van der Waals surface area (Å²) in [4.78, 5) is 36.2. The van der Waals surface area contributed by atoms with Crippen molar-refractivity contribution in [2.75, 3.05) is 44.4 Å². The van der Waals surface area contributed by atoms with Gasteiger partial charge in [-0.05, 0) is 26.0 Å². The molecule has 12 nitrogen and oxygen atoms in total. The summed E-state index contributed by atoms with van der Waals surface area (Å²) in [5.74, 6) is -0.616. The lowest BCUT2D eigenvalue weighted by atomic mass is 9.95. The van der Waals surface area contributed by atoms with E-state index in [1.165, 1.54) is 11.0 Å². The number of nitrogens with zero attached hydrogens (tertiary/aromatic N) is 5. The Bertz CT molecular complexity index is 1410. The Morgan fingerprint density at radius 2 is 1.85 bits per heavy atom. The second kappa shape index (κ2) is 12.5. The maximum Gasteiger partial charge on any atom is 0.338 e. The number of aliphatic imine (C=N–C) groups is 1. The van der Waals surface area contributed by atoms with Gasteiger partial charge in [0.2, 0.25) is 5.82 Å². The molecule has 0 spiro atoms. The highest BCUT2D eigenvalue weighted by Gasteiger charge is 2.35. The van der Waals surface area contributed by atoms with Gasteiger partial charge in [-0.1, -0.05) is 29.3 Å². The minimum Gasteiger partial charge on any atom is -0.465 e. The van der Waals surface area contributed by atoms with E-state index in [9.17, 15) is 18.0 Å². The molecular weight excluding hydrogens is 571 g/mol. The molecule has 4 rings (SSSR count). The number of aromatic nitrogens is 3. The Hall–Kier alpha value is -3.00. The molecule has 2 aliphatic heterocycles. The van der Waals surface area contributed by atoms with Gasteiger partial charge in [-0.3, -0.25) is 14.7 Å². The standard InChI is InChI=1S/C24H28Cl2N6O6S/c1-3-37-19(33)13-32-14-27-22(30-32)23-28-18(12-31-7-9-39(35,36)10-8-31)20(24(34)38-4-2)21(29-23)16-6-5-15(25)11-17(16)26/h5-6,11,14,21H,3-4,7-10,12-13H2,1-2H3,(H,28,29). The highest BCUT2D eigenvalue weighted by atomic mass is 35.5. The Balaban J connectivity index is 1.76. The minimum absolute atomic E-state index is 0.0161. The normalized spacial score (nSPS) is 19.3. The number of carbonyl (C=O) groups is 2. The zero-order valence-corrected chi connectivity index (χ0v) is 23.7. The minimum atomic E-state index is -3.11. The summed E-state index contributed by atoms with van der Waals surface area (Å²) in [7, 11) is -3.11. The third-order valence-electron chi connectivity index (χ3n) is 6.04. The molecule has 0 bridgehead atoms. The number of amidine groups is 1. The molecule has 1 N–H and O–H groups in total. The summed E-state index contributed by atoms with van der Waals surface area (Å²) in [5.41, 5.74) is 1.19. The molecule has 0 amide bonds. The van der Waals surface area contributed by atoms with Crippen molar-refractivity contribution < 1.29 is 27.5 Å². The van der Waals surface area contributed by atoms with Crippen molar-refractivity contribution in [1.82, 2.24) is 25.0 Å². The van der Waals surface area contributed by atoms with E-state index in [1.807, 2.05) is 4.90 Å². The average Bonchev–Trinajstić information content (AvgIpc) is 3.33. The zero-order valence-electron chi connectivity index (χ0n) is 21.4. The van der Waals surface area contributed by atoms with Crippen LogP contribution in [0.25, 0.3) is 0 Å². The maximum atomic E-state index is 13.3. The molecule has 0 aliphatic carbocycles. The van der Waals surface area contributed by atoms with Crippen molar-refractivity contribution in [2.24, 2.45) is 4.99 Å². The van der Waals surface area contributed by atoms with Crippen LogP contribution < -0.4 is 5.32 Å². The van der Waals surface area contributed by atoms with E-state index < -0.39 is 27.8 Å². The van der Waals surface area contributed by atoms with Gasteiger partial charge in [-0.25, -0.2) is 22.9 Å². The Morgan fingerprint density at radius 3 is 2.51 bits per heavy atom. The predicted molar refractivity (Wildman–Crippen MR) is 144 cm³/mol. The summed E-state index contributed by atoms with van der Waals surface area (Å²) in [6.45, 7) is 4.45. The SMILES string of the molecule is CCOC(=O)Cn1cnc(C2=NC(c3ccc(Cl)cc3Cl)C(C(=O)OCC)=C(CN3CCS(=O)(=O)CC3)N2)n1. The number of esters is 2. The van der Waals surface area contributed by atoms with Crippen LogP contribution in [-0.4, -0.2) is 90.2 Å². The van der Waals surface area contributed by atoms with Crippen LogP contribution in [0.15, 0.2) is 40.8 Å². The van der Waals surface area contributed by atoms with Crippen LogP contribution in [-0.2, 0) is 35.4 Å².